The first-order chi connectivity index (χ1) is 5.84. The summed E-state index contributed by atoms with van der Waals surface area (Å²) in [5.41, 5.74) is 0. The zero-order valence-electron chi connectivity index (χ0n) is 7.34. The van der Waals surface area contributed by atoms with Crippen LogP contribution in [0.4, 0.5) is 0 Å². The third-order valence-electron chi connectivity index (χ3n) is 2.05. The first kappa shape index (κ1) is 9.19. The highest BCUT2D eigenvalue weighted by atomic mass is 16.1. The largest absolute Gasteiger partial charge is 0.317 e. The summed E-state index contributed by atoms with van der Waals surface area (Å²) < 4.78 is 0. The second-order valence-corrected chi connectivity index (χ2v) is 2.92. The number of carbonyl (C=O) groups is 1. The van der Waals surface area contributed by atoms with Crippen LogP contribution in [0.15, 0.2) is 4.99 Å². The number of nitrogens with one attached hydrogen (secondary N) is 2. The maximum Gasteiger partial charge on any atom is 0.228 e. The highest BCUT2D eigenvalue weighted by Crippen LogP contribution is 2.10. The number of hydrogen-bond donors (Lipinski definition) is 2. The van der Waals surface area contributed by atoms with Gasteiger partial charge in [-0.1, -0.05) is 0 Å². The van der Waals surface area contributed by atoms with Gasteiger partial charge in [-0.2, -0.15) is 0 Å². The third-order valence-corrected chi connectivity index (χ3v) is 2.05. The van der Waals surface area contributed by atoms with Crippen LogP contribution in [0.5, 0.6) is 0 Å². The molecular formula is C8H15N3O. The SMILES string of the molecule is CN=CNC(=O)C1CCNCC1. The molecule has 68 valence electrons. The molecule has 0 unspecified atom stereocenters. The minimum absolute atomic E-state index is 0.0992. The van der Waals surface area contributed by atoms with Gasteiger partial charge >= 0.3 is 0 Å². The maximum absolute atomic E-state index is 11.3. The lowest BCUT2D eigenvalue weighted by Gasteiger charge is -2.20. The molecule has 0 aromatic heterocycles. The molecule has 0 aliphatic carbocycles. The molecule has 1 fully saturated rings. The minimum atomic E-state index is 0.0992. The van der Waals surface area contributed by atoms with Gasteiger partial charge in [0.25, 0.3) is 0 Å². The fourth-order valence-corrected chi connectivity index (χ4v) is 1.33. The molecule has 0 radical (unpaired) electrons. The molecule has 1 heterocycles. The van der Waals surface area contributed by atoms with Crippen molar-refractivity contribution in [2.75, 3.05) is 20.1 Å². The minimum Gasteiger partial charge on any atom is -0.317 e. The summed E-state index contributed by atoms with van der Waals surface area (Å²) >= 11 is 0. The molecule has 0 aromatic rings. The highest BCUT2D eigenvalue weighted by molar-refractivity contribution is 5.89. The summed E-state index contributed by atoms with van der Waals surface area (Å²) in [6.07, 6.45) is 3.32. The summed E-state index contributed by atoms with van der Waals surface area (Å²) in [4.78, 5) is 15.0. The number of amides is 1. The summed E-state index contributed by atoms with van der Waals surface area (Å²) in [6.45, 7) is 1.89. The standard InChI is InChI=1S/C8H15N3O/c1-9-6-11-8(12)7-2-4-10-5-3-7/h6-7,10H,2-5H2,1H3,(H,9,11,12). The van der Waals surface area contributed by atoms with Crippen LogP contribution in [-0.2, 0) is 4.79 Å². The maximum atomic E-state index is 11.3. The van der Waals surface area contributed by atoms with E-state index >= 15 is 0 Å². The van der Waals surface area contributed by atoms with Gasteiger partial charge in [0.05, 0.1) is 6.34 Å². The highest BCUT2D eigenvalue weighted by Gasteiger charge is 2.19. The molecule has 0 atom stereocenters. The Balaban J connectivity index is 2.29. The normalized spacial score (nSPS) is 19.8. The lowest BCUT2D eigenvalue weighted by molar-refractivity contribution is -0.124. The molecule has 0 bridgehead atoms. The lowest BCUT2D eigenvalue weighted by atomic mass is 9.97. The van der Waals surface area contributed by atoms with E-state index in [1.807, 2.05) is 0 Å². The van der Waals surface area contributed by atoms with Gasteiger partial charge in [-0.05, 0) is 25.9 Å². The molecule has 0 aromatic carbocycles. The molecule has 4 heteroatoms. The summed E-state index contributed by atoms with van der Waals surface area (Å²) in [7, 11) is 1.64. The molecule has 1 rings (SSSR count). The number of piperidine rings is 1. The molecule has 1 aliphatic rings. The smallest absolute Gasteiger partial charge is 0.228 e. The fraction of sp³-hybridized carbons (Fsp3) is 0.750. The van der Waals surface area contributed by atoms with Crippen LogP contribution in [0.2, 0.25) is 0 Å². The van der Waals surface area contributed by atoms with Gasteiger partial charge in [0.2, 0.25) is 5.91 Å². The van der Waals surface area contributed by atoms with E-state index in [4.69, 9.17) is 0 Å². The molecule has 1 saturated heterocycles. The van der Waals surface area contributed by atoms with Gasteiger partial charge in [0, 0.05) is 13.0 Å². The molecule has 4 nitrogen and oxygen atoms in total. The van der Waals surface area contributed by atoms with Crippen LogP contribution in [-0.4, -0.2) is 32.4 Å². The average Bonchev–Trinajstić information content (AvgIpc) is 2.15. The number of carbonyl (C=O) groups excluding carboxylic acids is 1. The van der Waals surface area contributed by atoms with E-state index in [-0.39, 0.29) is 11.8 Å². The van der Waals surface area contributed by atoms with Crippen molar-refractivity contribution in [3.63, 3.8) is 0 Å². The van der Waals surface area contributed by atoms with Crippen molar-refractivity contribution >= 4 is 12.2 Å². The van der Waals surface area contributed by atoms with E-state index in [9.17, 15) is 4.79 Å². The van der Waals surface area contributed by atoms with Crippen molar-refractivity contribution in [3.8, 4) is 0 Å². The lowest BCUT2D eigenvalue weighted by Crippen LogP contribution is -2.37. The van der Waals surface area contributed by atoms with Crippen molar-refractivity contribution in [1.29, 1.82) is 0 Å². The molecule has 1 aliphatic heterocycles. The van der Waals surface area contributed by atoms with Gasteiger partial charge in [-0.25, -0.2) is 0 Å². The first-order valence-corrected chi connectivity index (χ1v) is 4.26. The van der Waals surface area contributed by atoms with E-state index in [2.05, 4.69) is 15.6 Å². The Labute approximate surface area is 72.4 Å². The van der Waals surface area contributed by atoms with Gasteiger partial charge < -0.3 is 10.6 Å². The second kappa shape index (κ2) is 4.87. The summed E-state index contributed by atoms with van der Waals surface area (Å²) in [5.74, 6) is 0.270. The molecule has 12 heavy (non-hydrogen) atoms. The van der Waals surface area contributed by atoms with Gasteiger partial charge in [-0.15, -0.1) is 0 Å². The van der Waals surface area contributed by atoms with E-state index in [1.54, 1.807) is 7.05 Å². The van der Waals surface area contributed by atoms with Crippen molar-refractivity contribution in [3.05, 3.63) is 0 Å². The fourth-order valence-electron chi connectivity index (χ4n) is 1.33. The summed E-state index contributed by atoms with van der Waals surface area (Å²) in [5, 5.41) is 5.86. The van der Waals surface area contributed by atoms with E-state index < -0.39 is 0 Å². The third kappa shape index (κ3) is 2.62. The van der Waals surface area contributed by atoms with E-state index in [1.165, 1.54) is 6.34 Å². The van der Waals surface area contributed by atoms with Gasteiger partial charge in [0.1, 0.15) is 0 Å². The van der Waals surface area contributed by atoms with Crippen molar-refractivity contribution in [1.82, 2.24) is 10.6 Å². The van der Waals surface area contributed by atoms with Crippen LogP contribution < -0.4 is 10.6 Å². The van der Waals surface area contributed by atoms with Crippen LogP contribution >= 0.6 is 0 Å². The quantitative estimate of drug-likeness (QED) is 0.443. The zero-order chi connectivity index (χ0) is 8.81. The number of rotatable bonds is 2. The second-order valence-electron chi connectivity index (χ2n) is 2.92. The Bertz CT molecular complexity index is 173. The van der Waals surface area contributed by atoms with Crippen molar-refractivity contribution in [2.45, 2.75) is 12.8 Å². The van der Waals surface area contributed by atoms with E-state index in [0.717, 1.165) is 25.9 Å². The topological polar surface area (TPSA) is 53.5 Å². The first-order valence-electron chi connectivity index (χ1n) is 4.26. The molecule has 1 amide bonds. The molecule has 0 saturated carbocycles. The molecule has 0 spiro atoms. The Morgan fingerprint density at radius 1 is 1.58 bits per heavy atom. The summed E-state index contributed by atoms with van der Waals surface area (Å²) in [6, 6.07) is 0. The van der Waals surface area contributed by atoms with E-state index in [0.29, 0.717) is 0 Å². The molecule has 2 N–H and O–H groups in total. The van der Waals surface area contributed by atoms with Crippen LogP contribution in [0.3, 0.4) is 0 Å². The monoisotopic (exact) mass is 169 g/mol. The van der Waals surface area contributed by atoms with Crippen molar-refractivity contribution < 1.29 is 4.79 Å². The average molecular weight is 169 g/mol. The van der Waals surface area contributed by atoms with Crippen LogP contribution in [0.1, 0.15) is 12.8 Å². The predicted molar refractivity (Wildman–Crippen MR) is 48.2 cm³/mol. The van der Waals surface area contributed by atoms with Crippen molar-refractivity contribution in [2.24, 2.45) is 10.9 Å². The van der Waals surface area contributed by atoms with Gasteiger partial charge in [-0.3, -0.25) is 9.79 Å². The Hall–Kier alpha value is -0.900. The zero-order valence-corrected chi connectivity index (χ0v) is 7.34. The Kier molecular flexibility index (Phi) is 3.73. The number of aliphatic imine (C=N–C) groups is 1. The van der Waals surface area contributed by atoms with Gasteiger partial charge in [0.15, 0.2) is 0 Å². The Morgan fingerprint density at radius 2 is 2.25 bits per heavy atom. The van der Waals surface area contributed by atoms with Crippen LogP contribution in [0.25, 0.3) is 0 Å². The Morgan fingerprint density at radius 3 is 2.83 bits per heavy atom. The number of nitrogens with zero attached hydrogens (tertiary/aromatic N) is 1. The number of hydrogen-bond acceptors (Lipinski definition) is 3. The van der Waals surface area contributed by atoms with Crippen LogP contribution in [0, 0.1) is 5.92 Å². The predicted octanol–water partition coefficient (Wildman–Crippen LogP) is -0.240. The molecular weight excluding hydrogens is 154 g/mol.